The normalized spacial score (nSPS) is 11.6. The monoisotopic (exact) mass is 330 g/mol. The molecule has 0 saturated heterocycles. The van der Waals surface area contributed by atoms with Gasteiger partial charge in [-0.1, -0.05) is 41.9 Å². The molecule has 0 fully saturated rings. The molecular weight excluding hydrogens is 318 g/mol. The number of benzene rings is 2. The van der Waals surface area contributed by atoms with Crippen LogP contribution in [0.25, 0.3) is 0 Å². The van der Waals surface area contributed by atoms with Crippen molar-refractivity contribution in [2.45, 2.75) is 11.8 Å². The second-order valence-corrected chi connectivity index (χ2v) is 5.79. The van der Waals surface area contributed by atoms with Crippen molar-refractivity contribution in [2.24, 2.45) is 0 Å². The zero-order chi connectivity index (χ0) is 14.6. The minimum atomic E-state index is -0.504. The molecule has 0 aliphatic rings. The maximum absolute atomic E-state index is 13.9. The Morgan fingerprint density at radius 3 is 2.05 bits per heavy atom. The molecule has 0 spiro atoms. The Kier molecular flexibility index (Phi) is 5.31. The first-order chi connectivity index (χ1) is 9.61. The van der Waals surface area contributed by atoms with E-state index >= 15 is 0 Å². The van der Waals surface area contributed by atoms with E-state index in [0.717, 1.165) is 5.56 Å². The van der Waals surface area contributed by atoms with Crippen molar-refractivity contribution in [3.63, 3.8) is 0 Å². The van der Waals surface area contributed by atoms with Crippen LogP contribution in [0.2, 0.25) is 5.02 Å². The molecule has 0 aliphatic carbocycles. The molecule has 2 rings (SSSR count). The van der Waals surface area contributed by atoms with Gasteiger partial charge in [-0.3, -0.25) is 0 Å². The molecule has 0 radical (unpaired) electrons. The third-order valence-electron chi connectivity index (χ3n) is 3.45. The lowest BCUT2D eigenvalue weighted by Gasteiger charge is -2.30. The van der Waals surface area contributed by atoms with E-state index in [2.05, 4.69) is 0 Å². The summed E-state index contributed by atoms with van der Waals surface area (Å²) in [6.45, 7) is 0. The maximum Gasteiger partial charge on any atom is 0.126 e. The van der Waals surface area contributed by atoms with E-state index in [9.17, 15) is 4.39 Å². The van der Waals surface area contributed by atoms with Crippen LogP contribution in [0.1, 0.15) is 11.1 Å². The van der Waals surface area contributed by atoms with Crippen LogP contribution in [0.5, 0.6) is 0 Å². The highest BCUT2D eigenvalue weighted by atomic mass is 35.5. The van der Waals surface area contributed by atoms with Crippen LogP contribution in [0.4, 0.5) is 4.39 Å². The first kappa shape index (κ1) is 15.6. The fourth-order valence-corrected chi connectivity index (χ4v) is 3.11. The summed E-state index contributed by atoms with van der Waals surface area (Å²) in [5.74, 6) is 0.389. The Balaban J connectivity index is 2.39. The van der Waals surface area contributed by atoms with Gasteiger partial charge in [0.05, 0.1) is 0 Å². The van der Waals surface area contributed by atoms with Crippen LogP contribution in [-0.4, -0.2) is 11.8 Å². The van der Waals surface area contributed by atoms with Gasteiger partial charge in [0.2, 0.25) is 0 Å². The van der Waals surface area contributed by atoms with Gasteiger partial charge in [-0.2, -0.15) is 0 Å². The third kappa shape index (κ3) is 3.28. The summed E-state index contributed by atoms with van der Waals surface area (Å²) >= 11 is 18.2. The molecule has 2 aromatic rings. The fraction of sp³-hybridized carbons (Fsp3) is 0.250. The van der Waals surface area contributed by atoms with E-state index in [1.165, 1.54) is 6.07 Å². The molecule has 4 heteroatoms. The predicted molar refractivity (Wildman–Crippen MR) is 84.7 cm³/mol. The van der Waals surface area contributed by atoms with Gasteiger partial charge in [0.1, 0.15) is 5.82 Å². The zero-order valence-corrected chi connectivity index (χ0v) is 13.0. The molecule has 0 aliphatic heterocycles. The average Bonchev–Trinajstić information content (AvgIpc) is 2.48. The topological polar surface area (TPSA) is 0 Å². The summed E-state index contributed by atoms with van der Waals surface area (Å²) < 4.78 is 13.9. The Morgan fingerprint density at radius 2 is 1.50 bits per heavy atom. The zero-order valence-electron chi connectivity index (χ0n) is 10.8. The van der Waals surface area contributed by atoms with Gasteiger partial charge in [-0.15, -0.1) is 23.2 Å². The second kappa shape index (κ2) is 6.80. The van der Waals surface area contributed by atoms with Crippen LogP contribution in [0.3, 0.4) is 0 Å². The van der Waals surface area contributed by atoms with Crippen molar-refractivity contribution in [1.29, 1.82) is 0 Å². The summed E-state index contributed by atoms with van der Waals surface area (Å²) in [4.78, 5) is 0. The first-order valence-electron chi connectivity index (χ1n) is 6.23. The summed E-state index contributed by atoms with van der Waals surface area (Å²) in [5.41, 5.74) is 1.08. The lowest BCUT2D eigenvalue weighted by molar-refractivity contribution is 0.512. The van der Waals surface area contributed by atoms with E-state index in [0.29, 0.717) is 28.8 Å². The van der Waals surface area contributed by atoms with Gasteiger partial charge in [-0.25, -0.2) is 4.39 Å². The summed E-state index contributed by atoms with van der Waals surface area (Å²) in [5, 5.41) is 0.651. The van der Waals surface area contributed by atoms with E-state index in [-0.39, 0.29) is 5.82 Å². The Labute approximate surface area is 133 Å². The number of rotatable bonds is 5. The van der Waals surface area contributed by atoms with E-state index < -0.39 is 5.41 Å². The summed E-state index contributed by atoms with van der Waals surface area (Å²) in [7, 11) is 0. The quantitative estimate of drug-likeness (QED) is 0.640. The van der Waals surface area contributed by atoms with Gasteiger partial charge in [0, 0.05) is 22.2 Å². The molecule has 0 N–H and O–H groups in total. The molecule has 0 unspecified atom stereocenters. The van der Waals surface area contributed by atoms with Crippen LogP contribution < -0.4 is 0 Å². The Bertz CT molecular complexity index is 562. The number of halogens is 4. The standard InChI is InChI=1S/C16H14Cl3F/c17-10-16(11-18,13-5-7-14(19)8-6-13)9-12-3-1-2-4-15(12)20/h1-8H,9-11H2. The van der Waals surface area contributed by atoms with E-state index in [1.54, 1.807) is 24.3 Å². The van der Waals surface area contributed by atoms with Gasteiger partial charge in [0.15, 0.2) is 0 Å². The molecule has 0 nitrogen and oxygen atoms in total. The minimum absolute atomic E-state index is 0.235. The predicted octanol–water partition coefficient (Wildman–Crippen LogP) is 5.44. The van der Waals surface area contributed by atoms with Gasteiger partial charge in [-0.05, 0) is 35.7 Å². The maximum atomic E-state index is 13.9. The number of hydrogen-bond acceptors (Lipinski definition) is 0. The molecule has 0 amide bonds. The highest BCUT2D eigenvalue weighted by molar-refractivity contribution is 6.30. The van der Waals surface area contributed by atoms with Gasteiger partial charge in [0.25, 0.3) is 0 Å². The SMILES string of the molecule is Fc1ccccc1CC(CCl)(CCl)c1ccc(Cl)cc1. The lowest BCUT2D eigenvalue weighted by atomic mass is 9.78. The second-order valence-electron chi connectivity index (χ2n) is 4.82. The highest BCUT2D eigenvalue weighted by Crippen LogP contribution is 2.33. The minimum Gasteiger partial charge on any atom is -0.207 e. The van der Waals surface area contributed by atoms with Crippen molar-refractivity contribution >= 4 is 34.8 Å². The Morgan fingerprint density at radius 1 is 0.900 bits per heavy atom. The fourth-order valence-electron chi connectivity index (χ4n) is 2.20. The molecule has 0 saturated carbocycles. The van der Waals surface area contributed by atoms with Crippen LogP contribution in [-0.2, 0) is 11.8 Å². The largest absolute Gasteiger partial charge is 0.207 e. The van der Waals surface area contributed by atoms with Crippen molar-refractivity contribution in [3.8, 4) is 0 Å². The summed E-state index contributed by atoms with van der Waals surface area (Å²) in [6.07, 6.45) is 0.453. The van der Waals surface area contributed by atoms with Gasteiger partial charge >= 0.3 is 0 Å². The molecule has 106 valence electrons. The molecule has 0 atom stereocenters. The van der Waals surface area contributed by atoms with Crippen molar-refractivity contribution in [2.75, 3.05) is 11.8 Å². The third-order valence-corrected chi connectivity index (χ3v) is 4.73. The van der Waals surface area contributed by atoms with Crippen LogP contribution >= 0.6 is 34.8 Å². The first-order valence-corrected chi connectivity index (χ1v) is 7.67. The molecule has 20 heavy (non-hydrogen) atoms. The number of alkyl halides is 2. The summed E-state index contributed by atoms with van der Waals surface area (Å²) in [6, 6.07) is 14.1. The Hall–Kier alpha value is -0.760. The van der Waals surface area contributed by atoms with Crippen LogP contribution in [0.15, 0.2) is 48.5 Å². The van der Waals surface area contributed by atoms with Crippen molar-refractivity contribution in [1.82, 2.24) is 0 Å². The molecule has 0 heterocycles. The van der Waals surface area contributed by atoms with Gasteiger partial charge < -0.3 is 0 Å². The molecule has 2 aromatic carbocycles. The molecule has 0 aromatic heterocycles. The van der Waals surface area contributed by atoms with E-state index in [1.807, 2.05) is 18.2 Å². The highest BCUT2D eigenvalue weighted by Gasteiger charge is 2.31. The van der Waals surface area contributed by atoms with E-state index in [4.69, 9.17) is 34.8 Å². The van der Waals surface area contributed by atoms with Crippen LogP contribution in [0, 0.1) is 5.82 Å². The van der Waals surface area contributed by atoms with Crippen molar-refractivity contribution < 1.29 is 4.39 Å². The molecule has 0 bridgehead atoms. The smallest absolute Gasteiger partial charge is 0.126 e. The van der Waals surface area contributed by atoms with Crippen molar-refractivity contribution in [3.05, 3.63) is 70.5 Å². The molecular formula is C16H14Cl3F. The number of hydrogen-bond donors (Lipinski definition) is 0. The average molecular weight is 332 g/mol. The lowest BCUT2D eigenvalue weighted by Crippen LogP contribution is -2.33.